The van der Waals surface area contributed by atoms with Crippen molar-refractivity contribution < 1.29 is 54.1 Å². The van der Waals surface area contributed by atoms with Gasteiger partial charge in [0.15, 0.2) is 5.65 Å². The van der Waals surface area contributed by atoms with Crippen LogP contribution in [0.2, 0.25) is 0 Å². The van der Waals surface area contributed by atoms with Crippen LogP contribution >= 0.6 is 0 Å². The second kappa shape index (κ2) is 6.31. The van der Waals surface area contributed by atoms with Crippen LogP contribution < -0.4 is 29.6 Å². The first-order chi connectivity index (χ1) is 10.4. The fourth-order valence-electron chi connectivity index (χ4n) is 2.12. The van der Waals surface area contributed by atoms with E-state index in [9.17, 15) is 18.0 Å². The van der Waals surface area contributed by atoms with Gasteiger partial charge in [0.1, 0.15) is 5.56 Å². The van der Waals surface area contributed by atoms with Crippen molar-refractivity contribution in [2.45, 2.75) is 6.18 Å². The fraction of sp³-hybridized carbons (Fsp3) is 0.0714. The summed E-state index contributed by atoms with van der Waals surface area (Å²) in [6.07, 6.45) is -2.01. The average Bonchev–Trinajstić information content (AvgIpc) is 2.90. The molecule has 0 unspecified atom stereocenters. The number of carbonyl (C=O) groups is 1. The van der Waals surface area contributed by atoms with E-state index < -0.39 is 17.7 Å². The van der Waals surface area contributed by atoms with E-state index in [2.05, 4.69) is 10.1 Å². The number of halogens is 3. The molecule has 2 heterocycles. The van der Waals surface area contributed by atoms with Gasteiger partial charge in [-0.05, 0) is 18.2 Å². The number of hydrogen-bond acceptors (Lipinski definition) is 3. The Balaban J connectivity index is 0.00000144. The largest absolute Gasteiger partial charge is 1.00 e. The quantitative estimate of drug-likeness (QED) is 0.683. The van der Waals surface area contributed by atoms with E-state index in [-0.39, 0.29) is 47.8 Å². The number of rotatable bonds is 2. The van der Waals surface area contributed by atoms with E-state index >= 15 is 0 Å². The van der Waals surface area contributed by atoms with Crippen LogP contribution in [-0.4, -0.2) is 25.7 Å². The van der Waals surface area contributed by atoms with Crippen LogP contribution in [0.4, 0.5) is 13.2 Å². The molecule has 0 amide bonds. The number of nitrogens with zero attached hydrogens (tertiary/aromatic N) is 3. The Morgan fingerprint density at radius 1 is 1.26 bits per heavy atom. The molecule has 0 saturated carbocycles. The molecule has 0 bridgehead atoms. The molecular formula is C14H9F3N3NaO2. The molecular weight excluding hydrogens is 322 g/mol. The van der Waals surface area contributed by atoms with Gasteiger partial charge in [-0.1, -0.05) is 12.1 Å². The van der Waals surface area contributed by atoms with Gasteiger partial charge in [0.25, 0.3) is 0 Å². The molecule has 2 aromatic heterocycles. The van der Waals surface area contributed by atoms with Crippen LogP contribution in [0.1, 0.15) is 17.3 Å². The molecule has 0 fully saturated rings. The summed E-state index contributed by atoms with van der Waals surface area (Å²) in [6, 6.07) is 6.20. The molecule has 0 aliphatic rings. The van der Waals surface area contributed by atoms with Gasteiger partial charge < -0.3 is 6.53 Å². The van der Waals surface area contributed by atoms with Gasteiger partial charge in [0, 0.05) is 11.8 Å². The monoisotopic (exact) mass is 331 g/mol. The SMILES string of the molecule is O=C(O)c1cnn2c(-c3cccc(C(F)(F)F)c3)ccnc12.[H-].[Na+]. The molecule has 1 aromatic carbocycles. The van der Waals surface area contributed by atoms with Gasteiger partial charge in [0.2, 0.25) is 0 Å². The van der Waals surface area contributed by atoms with E-state index in [1.807, 2.05) is 0 Å². The van der Waals surface area contributed by atoms with Crippen LogP contribution in [-0.2, 0) is 6.18 Å². The molecule has 9 heteroatoms. The van der Waals surface area contributed by atoms with Crippen molar-refractivity contribution in [1.29, 1.82) is 0 Å². The summed E-state index contributed by atoms with van der Waals surface area (Å²) < 4.78 is 39.6. The molecule has 23 heavy (non-hydrogen) atoms. The third kappa shape index (κ3) is 3.24. The standard InChI is InChI=1S/C14H8F3N3O2.Na.H/c15-14(16,17)9-3-1-2-8(6-9)11-4-5-18-12-10(13(21)22)7-19-20(11)12;;/h1-7H,(H,21,22);;/q;+1;-1. The van der Waals surface area contributed by atoms with Crippen molar-refractivity contribution in [3.8, 4) is 11.3 Å². The Bertz CT molecular complexity index is 883. The minimum Gasteiger partial charge on any atom is -1.00 e. The predicted octanol–water partition coefficient (Wildman–Crippen LogP) is 0.230. The normalized spacial score (nSPS) is 11.3. The molecule has 0 radical (unpaired) electrons. The molecule has 0 saturated heterocycles. The van der Waals surface area contributed by atoms with Crippen LogP contribution in [0.3, 0.4) is 0 Å². The number of carboxylic acid groups (broad SMARTS) is 1. The first kappa shape index (κ1) is 17.5. The first-order valence-electron chi connectivity index (χ1n) is 6.11. The second-order valence-electron chi connectivity index (χ2n) is 4.51. The summed E-state index contributed by atoms with van der Waals surface area (Å²) in [4.78, 5) is 15.0. The second-order valence-corrected chi connectivity index (χ2v) is 4.51. The number of fused-ring (bicyclic) bond motifs is 1. The molecule has 0 aliphatic carbocycles. The molecule has 0 aliphatic heterocycles. The van der Waals surface area contributed by atoms with Crippen molar-refractivity contribution in [2.24, 2.45) is 0 Å². The Labute approximate surface area is 151 Å². The molecule has 5 nitrogen and oxygen atoms in total. The van der Waals surface area contributed by atoms with Gasteiger partial charge in [-0.15, -0.1) is 0 Å². The van der Waals surface area contributed by atoms with Gasteiger partial charge in [-0.2, -0.15) is 18.3 Å². The summed E-state index contributed by atoms with van der Waals surface area (Å²) >= 11 is 0. The third-order valence-electron chi connectivity index (χ3n) is 3.12. The van der Waals surface area contributed by atoms with Gasteiger partial charge in [0.05, 0.1) is 17.5 Å². The summed E-state index contributed by atoms with van der Waals surface area (Å²) in [5.74, 6) is -1.20. The van der Waals surface area contributed by atoms with E-state index in [1.54, 1.807) is 0 Å². The molecule has 1 N–H and O–H groups in total. The zero-order valence-electron chi connectivity index (χ0n) is 12.9. The first-order valence-corrected chi connectivity index (χ1v) is 6.11. The number of aromatic carboxylic acids is 1. The van der Waals surface area contributed by atoms with Gasteiger partial charge in [-0.3, -0.25) is 0 Å². The molecule has 3 aromatic rings. The fourth-order valence-corrected chi connectivity index (χ4v) is 2.12. The number of benzene rings is 1. The summed E-state index contributed by atoms with van der Waals surface area (Å²) in [5.41, 5.74) is -0.248. The smallest absolute Gasteiger partial charge is 1.00 e. The minimum atomic E-state index is -4.46. The maximum atomic E-state index is 12.8. The molecule has 3 rings (SSSR count). The van der Waals surface area contributed by atoms with Gasteiger partial charge >= 0.3 is 41.7 Å². The number of carboxylic acids is 1. The third-order valence-corrected chi connectivity index (χ3v) is 3.12. The zero-order chi connectivity index (χ0) is 15.9. The number of alkyl halides is 3. The Morgan fingerprint density at radius 2 is 2.00 bits per heavy atom. The van der Waals surface area contributed by atoms with Crippen LogP contribution in [0, 0.1) is 0 Å². The van der Waals surface area contributed by atoms with Gasteiger partial charge in [-0.25, -0.2) is 14.3 Å². The Morgan fingerprint density at radius 3 is 2.65 bits per heavy atom. The predicted molar refractivity (Wildman–Crippen MR) is 71.5 cm³/mol. The topological polar surface area (TPSA) is 67.5 Å². The zero-order valence-corrected chi connectivity index (χ0v) is 13.9. The molecule has 0 atom stereocenters. The van der Waals surface area contributed by atoms with E-state index in [1.165, 1.54) is 28.9 Å². The Hall–Kier alpha value is -1.90. The van der Waals surface area contributed by atoms with Crippen molar-refractivity contribution in [3.63, 3.8) is 0 Å². The number of aromatic nitrogens is 3. The maximum absolute atomic E-state index is 12.8. The maximum Gasteiger partial charge on any atom is 1.00 e. The van der Waals surface area contributed by atoms with E-state index in [4.69, 9.17) is 5.11 Å². The van der Waals surface area contributed by atoms with E-state index in [0.29, 0.717) is 5.69 Å². The average molecular weight is 331 g/mol. The summed E-state index contributed by atoms with van der Waals surface area (Å²) in [6.45, 7) is 0. The summed E-state index contributed by atoms with van der Waals surface area (Å²) in [7, 11) is 0. The minimum absolute atomic E-state index is 0. The summed E-state index contributed by atoms with van der Waals surface area (Å²) in [5, 5.41) is 12.9. The van der Waals surface area contributed by atoms with Crippen molar-refractivity contribution >= 4 is 11.6 Å². The number of hydrogen-bond donors (Lipinski definition) is 1. The molecule has 0 spiro atoms. The molecule has 114 valence electrons. The van der Waals surface area contributed by atoms with Crippen LogP contribution in [0.15, 0.2) is 42.7 Å². The van der Waals surface area contributed by atoms with Crippen molar-refractivity contribution in [1.82, 2.24) is 14.6 Å². The van der Waals surface area contributed by atoms with Crippen LogP contribution in [0.25, 0.3) is 16.9 Å². The van der Waals surface area contributed by atoms with Crippen molar-refractivity contribution in [2.75, 3.05) is 0 Å². The van der Waals surface area contributed by atoms with Crippen molar-refractivity contribution in [3.05, 3.63) is 53.9 Å². The Kier molecular flexibility index (Phi) is 4.79. The van der Waals surface area contributed by atoms with Crippen LogP contribution in [0.5, 0.6) is 0 Å². The van der Waals surface area contributed by atoms with E-state index in [0.717, 1.165) is 18.3 Å².